The Balaban J connectivity index is 1.72. The zero-order valence-corrected chi connectivity index (χ0v) is 16.1. The Kier molecular flexibility index (Phi) is 4.96. The number of hydrazine groups is 1. The molecule has 6 nitrogen and oxygen atoms in total. The van der Waals surface area contributed by atoms with Gasteiger partial charge in [-0.15, -0.1) is 11.3 Å². The first kappa shape index (κ1) is 18.5. The summed E-state index contributed by atoms with van der Waals surface area (Å²) in [6, 6.07) is 7.22. The molecule has 3 N–H and O–H groups in total. The number of hydrogen-bond acceptors (Lipinski definition) is 6. The summed E-state index contributed by atoms with van der Waals surface area (Å²) in [6.45, 7) is 0. The predicted molar refractivity (Wildman–Crippen MR) is 105 cm³/mol. The average molecular weight is 424 g/mol. The monoisotopic (exact) mass is 423 g/mol. The van der Waals surface area contributed by atoms with Crippen LogP contribution >= 0.6 is 34.5 Å². The lowest BCUT2D eigenvalue weighted by atomic mass is 9.92. The van der Waals surface area contributed by atoms with Crippen molar-refractivity contribution < 1.29 is 14.7 Å². The van der Waals surface area contributed by atoms with Crippen LogP contribution in [0.25, 0.3) is 0 Å². The van der Waals surface area contributed by atoms with Crippen LogP contribution in [-0.2, 0) is 9.59 Å². The molecule has 4 unspecified atom stereocenters. The molecule has 0 saturated carbocycles. The normalized spacial score (nSPS) is 26.0. The number of carbonyl (C=O) groups is 2. The van der Waals surface area contributed by atoms with Gasteiger partial charge in [-0.3, -0.25) is 14.9 Å². The molecule has 4 atom stereocenters. The number of imide groups is 1. The summed E-state index contributed by atoms with van der Waals surface area (Å²) in [7, 11) is 0. The third-order valence-electron chi connectivity index (χ3n) is 4.63. The van der Waals surface area contributed by atoms with E-state index in [1.807, 2.05) is 17.5 Å². The van der Waals surface area contributed by atoms with Gasteiger partial charge in [-0.2, -0.15) is 0 Å². The summed E-state index contributed by atoms with van der Waals surface area (Å²) < 4.78 is 0. The Hall–Kier alpha value is -1.90. The molecule has 0 bridgehead atoms. The maximum Gasteiger partial charge on any atom is 0.246 e. The highest BCUT2D eigenvalue weighted by Crippen LogP contribution is 2.36. The molecular weight excluding hydrogens is 409 g/mol. The maximum absolute atomic E-state index is 12.4. The van der Waals surface area contributed by atoms with Gasteiger partial charge in [0.2, 0.25) is 11.8 Å². The van der Waals surface area contributed by atoms with Crippen molar-refractivity contribution in [2.75, 3.05) is 5.43 Å². The van der Waals surface area contributed by atoms with Gasteiger partial charge in [0.25, 0.3) is 0 Å². The van der Waals surface area contributed by atoms with E-state index in [0.29, 0.717) is 15.7 Å². The van der Waals surface area contributed by atoms with Crippen molar-refractivity contribution in [3.8, 4) is 0 Å². The van der Waals surface area contributed by atoms with Crippen LogP contribution in [0.4, 0.5) is 5.69 Å². The van der Waals surface area contributed by atoms with Crippen molar-refractivity contribution in [3.63, 3.8) is 0 Å². The second-order valence-electron chi connectivity index (χ2n) is 6.30. The van der Waals surface area contributed by atoms with Crippen LogP contribution in [0.3, 0.4) is 0 Å². The molecule has 4 rings (SSSR count). The molecule has 27 heavy (non-hydrogen) atoms. The summed E-state index contributed by atoms with van der Waals surface area (Å²) >= 11 is 13.6. The minimum atomic E-state index is -0.885. The van der Waals surface area contributed by atoms with Crippen LogP contribution in [-0.4, -0.2) is 34.0 Å². The van der Waals surface area contributed by atoms with E-state index in [-0.39, 0.29) is 5.91 Å². The molecule has 2 aliphatic heterocycles. The SMILES string of the molecule is O=C1NC(=O)C2C1C=CC(C(O)c1cccs1)N2Nc1ccc(Cl)cc1Cl. The molecule has 2 aromatic rings. The summed E-state index contributed by atoms with van der Waals surface area (Å²) in [4.78, 5) is 25.3. The number of aliphatic hydroxyl groups excluding tert-OH is 1. The van der Waals surface area contributed by atoms with Gasteiger partial charge >= 0.3 is 0 Å². The largest absolute Gasteiger partial charge is 0.386 e. The van der Waals surface area contributed by atoms with Gasteiger partial charge < -0.3 is 10.5 Å². The number of rotatable bonds is 4. The molecule has 0 spiro atoms. The second-order valence-corrected chi connectivity index (χ2v) is 8.13. The molecule has 0 radical (unpaired) electrons. The molecule has 1 saturated heterocycles. The Morgan fingerprint density at radius 1 is 1.19 bits per heavy atom. The lowest BCUT2D eigenvalue weighted by Gasteiger charge is -2.40. The number of nitrogens with zero attached hydrogens (tertiary/aromatic N) is 1. The van der Waals surface area contributed by atoms with Gasteiger partial charge in [0.05, 0.1) is 22.7 Å². The lowest BCUT2D eigenvalue weighted by molar-refractivity contribution is -0.126. The highest BCUT2D eigenvalue weighted by Gasteiger charge is 2.49. The van der Waals surface area contributed by atoms with E-state index in [2.05, 4.69) is 10.7 Å². The molecule has 140 valence electrons. The first-order valence-corrected chi connectivity index (χ1v) is 9.84. The number of benzene rings is 1. The van der Waals surface area contributed by atoms with E-state index < -0.39 is 30.0 Å². The Morgan fingerprint density at radius 3 is 2.70 bits per heavy atom. The number of thiophene rings is 1. The summed E-state index contributed by atoms with van der Waals surface area (Å²) in [6.07, 6.45) is 2.53. The second kappa shape index (κ2) is 7.26. The van der Waals surface area contributed by atoms with Crippen LogP contribution in [0.5, 0.6) is 0 Å². The number of anilines is 1. The van der Waals surface area contributed by atoms with Crippen LogP contribution in [0.2, 0.25) is 10.0 Å². The van der Waals surface area contributed by atoms with E-state index >= 15 is 0 Å². The molecule has 1 aromatic carbocycles. The standard InChI is InChI=1S/C18H15Cl2N3O3S/c19-9-3-5-12(11(20)8-9)22-23-13(16(24)14-2-1-7-27-14)6-4-10-15(23)18(26)21-17(10)25/h1-8,10,13,15-16,22,24H,(H,21,25,26). The predicted octanol–water partition coefficient (Wildman–Crippen LogP) is 3.00. The van der Waals surface area contributed by atoms with Crippen molar-refractivity contribution in [2.45, 2.75) is 18.2 Å². The van der Waals surface area contributed by atoms with Gasteiger partial charge in [0.1, 0.15) is 12.1 Å². The third kappa shape index (κ3) is 3.37. The van der Waals surface area contributed by atoms with E-state index in [1.165, 1.54) is 11.3 Å². The van der Waals surface area contributed by atoms with Crippen LogP contribution < -0.4 is 10.7 Å². The molecule has 3 heterocycles. The number of fused-ring (bicyclic) bond motifs is 1. The summed E-state index contributed by atoms with van der Waals surface area (Å²) in [5.41, 5.74) is 3.63. The number of aliphatic hydroxyl groups is 1. The van der Waals surface area contributed by atoms with E-state index in [1.54, 1.807) is 35.4 Å². The number of carbonyl (C=O) groups excluding carboxylic acids is 2. The quantitative estimate of drug-likeness (QED) is 0.520. The Morgan fingerprint density at radius 2 is 2.00 bits per heavy atom. The topological polar surface area (TPSA) is 81.7 Å². The van der Waals surface area contributed by atoms with Gasteiger partial charge in [0.15, 0.2) is 0 Å². The molecule has 9 heteroatoms. The number of halogens is 2. The zero-order valence-electron chi connectivity index (χ0n) is 13.8. The van der Waals surface area contributed by atoms with E-state index in [9.17, 15) is 14.7 Å². The van der Waals surface area contributed by atoms with Crippen molar-refractivity contribution in [1.29, 1.82) is 0 Å². The molecule has 1 fully saturated rings. The smallest absolute Gasteiger partial charge is 0.246 e. The molecule has 2 amide bonds. The van der Waals surface area contributed by atoms with Crippen molar-refractivity contribution in [2.24, 2.45) is 5.92 Å². The number of hydrogen-bond donors (Lipinski definition) is 3. The van der Waals surface area contributed by atoms with Gasteiger partial charge in [-0.1, -0.05) is 41.4 Å². The highest BCUT2D eigenvalue weighted by atomic mass is 35.5. The molecule has 0 aliphatic carbocycles. The Bertz CT molecular complexity index is 919. The van der Waals surface area contributed by atoms with Gasteiger partial charge in [-0.05, 0) is 29.6 Å². The molecule has 2 aliphatic rings. The minimum Gasteiger partial charge on any atom is -0.386 e. The molecule has 1 aromatic heterocycles. The fourth-order valence-corrected chi connectivity index (χ4v) is 4.54. The van der Waals surface area contributed by atoms with Crippen LogP contribution in [0, 0.1) is 5.92 Å². The molecular formula is C18H15Cl2N3O3S. The first-order valence-electron chi connectivity index (χ1n) is 8.20. The minimum absolute atomic E-state index is 0.362. The fraction of sp³-hybridized carbons (Fsp3) is 0.222. The van der Waals surface area contributed by atoms with Crippen molar-refractivity contribution in [1.82, 2.24) is 10.3 Å². The summed E-state index contributed by atoms with van der Waals surface area (Å²) in [5, 5.41) is 17.5. The van der Waals surface area contributed by atoms with E-state index in [0.717, 1.165) is 4.88 Å². The zero-order chi connectivity index (χ0) is 19.1. The number of nitrogens with one attached hydrogen (secondary N) is 2. The van der Waals surface area contributed by atoms with Crippen LogP contribution in [0.1, 0.15) is 11.0 Å². The lowest BCUT2D eigenvalue weighted by Crippen LogP contribution is -2.55. The van der Waals surface area contributed by atoms with Gasteiger partial charge in [0, 0.05) is 9.90 Å². The highest BCUT2D eigenvalue weighted by molar-refractivity contribution is 7.10. The third-order valence-corrected chi connectivity index (χ3v) is 6.12. The summed E-state index contributed by atoms with van der Waals surface area (Å²) in [5.74, 6) is -1.42. The van der Waals surface area contributed by atoms with Crippen molar-refractivity contribution in [3.05, 3.63) is 62.8 Å². The average Bonchev–Trinajstić information content (AvgIpc) is 3.26. The number of amides is 2. The van der Waals surface area contributed by atoms with Gasteiger partial charge in [-0.25, -0.2) is 5.01 Å². The van der Waals surface area contributed by atoms with E-state index in [4.69, 9.17) is 23.2 Å². The van der Waals surface area contributed by atoms with Crippen molar-refractivity contribution >= 4 is 52.0 Å². The maximum atomic E-state index is 12.4. The Labute approximate surface area is 169 Å². The first-order chi connectivity index (χ1) is 13.0. The fourth-order valence-electron chi connectivity index (χ4n) is 3.34. The van der Waals surface area contributed by atoms with Crippen LogP contribution in [0.15, 0.2) is 47.9 Å².